The Hall–Kier alpha value is -4.10. The van der Waals surface area contributed by atoms with E-state index in [2.05, 4.69) is 10.3 Å². The highest BCUT2D eigenvalue weighted by Crippen LogP contribution is 2.34. The van der Waals surface area contributed by atoms with Gasteiger partial charge in [0.1, 0.15) is 0 Å². The molecule has 4 N–H and O–H groups in total. The summed E-state index contributed by atoms with van der Waals surface area (Å²) in [5.41, 5.74) is 10.1. The number of carbonyl (C=O) groups excluding carboxylic acids is 1. The molecule has 0 unspecified atom stereocenters. The largest absolute Gasteiger partial charge is 0.478 e. The van der Waals surface area contributed by atoms with Crippen LogP contribution in [-0.2, 0) is 4.74 Å². The van der Waals surface area contributed by atoms with Crippen molar-refractivity contribution in [1.82, 2.24) is 4.98 Å². The Labute approximate surface area is 208 Å². The summed E-state index contributed by atoms with van der Waals surface area (Å²) in [7, 11) is 0. The molecule has 0 saturated carbocycles. The van der Waals surface area contributed by atoms with E-state index < -0.39 is 12.1 Å². The van der Waals surface area contributed by atoms with Gasteiger partial charge in [0.05, 0.1) is 29.1 Å². The fourth-order valence-corrected chi connectivity index (χ4v) is 3.43. The van der Waals surface area contributed by atoms with Gasteiger partial charge in [0.25, 0.3) is 0 Å². The van der Waals surface area contributed by atoms with Crippen molar-refractivity contribution in [3.05, 3.63) is 89.5 Å². The standard InChI is InChI=1S/C20H21N3O2.C7H5ClO2/c1-2-3-4-5-12-25-20(24)22-14-8-6-9-15-16-10-7-11-17(21)19(16)23-18(15)13-14;8-6-3-1-5(2-4-6)7(9)10/h2-3,6-11,13H,4-5,12,21H2,1H3,(H,22,24);1-4H,(H,9,10)/b3-2+;. The maximum atomic E-state index is 11.9. The van der Waals surface area contributed by atoms with Gasteiger partial charge in [-0.25, -0.2) is 14.6 Å². The van der Waals surface area contributed by atoms with E-state index in [-0.39, 0.29) is 5.56 Å². The van der Waals surface area contributed by atoms with Gasteiger partial charge in [-0.3, -0.25) is 5.32 Å². The lowest BCUT2D eigenvalue weighted by atomic mass is 10.1. The predicted molar refractivity (Wildman–Crippen MR) is 140 cm³/mol. The highest BCUT2D eigenvalue weighted by molar-refractivity contribution is 6.30. The molecule has 0 aromatic heterocycles. The maximum absolute atomic E-state index is 11.9. The molecule has 2 aromatic rings. The third-order valence-corrected chi connectivity index (χ3v) is 5.27. The van der Waals surface area contributed by atoms with Crippen molar-refractivity contribution in [2.75, 3.05) is 17.7 Å². The number of ether oxygens (including phenoxy) is 1. The molecular weight excluding hydrogens is 466 g/mol. The van der Waals surface area contributed by atoms with E-state index in [9.17, 15) is 9.59 Å². The van der Waals surface area contributed by atoms with Crippen LogP contribution in [0.3, 0.4) is 0 Å². The molecule has 2 aliphatic rings. The van der Waals surface area contributed by atoms with Gasteiger partial charge in [0.15, 0.2) is 0 Å². The predicted octanol–water partition coefficient (Wildman–Crippen LogP) is 6.86. The summed E-state index contributed by atoms with van der Waals surface area (Å²) in [6.45, 7) is 2.36. The molecule has 2 aromatic carbocycles. The molecule has 0 saturated heterocycles. The van der Waals surface area contributed by atoms with E-state index >= 15 is 0 Å². The minimum Gasteiger partial charge on any atom is -0.478 e. The summed E-state index contributed by atoms with van der Waals surface area (Å²) in [6, 6.07) is 19.3. The first-order valence-electron chi connectivity index (χ1n) is 11.0. The number of rotatable bonds is 6. The Balaban J connectivity index is 0.000000287. The van der Waals surface area contributed by atoms with Crippen molar-refractivity contribution in [1.29, 1.82) is 0 Å². The normalized spacial score (nSPS) is 10.7. The van der Waals surface area contributed by atoms with Gasteiger partial charge in [-0.2, -0.15) is 0 Å². The first-order valence-corrected chi connectivity index (χ1v) is 11.4. The van der Waals surface area contributed by atoms with Crippen LogP contribution in [0.2, 0.25) is 5.02 Å². The van der Waals surface area contributed by atoms with Crippen molar-refractivity contribution in [3.63, 3.8) is 0 Å². The number of benzene rings is 2. The number of unbranched alkanes of at least 4 members (excludes halogenated alkanes) is 1. The van der Waals surface area contributed by atoms with E-state index in [1.165, 1.54) is 12.1 Å². The lowest BCUT2D eigenvalue weighted by molar-refractivity contribution is 0.0697. The number of para-hydroxylation sites is 1. The van der Waals surface area contributed by atoms with Crippen LogP contribution in [0.5, 0.6) is 0 Å². The van der Waals surface area contributed by atoms with Crippen LogP contribution in [0.4, 0.5) is 16.2 Å². The van der Waals surface area contributed by atoms with Crippen LogP contribution >= 0.6 is 11.6 Å². The molecule has 0 spiro atoms. The topological polar surface area (TPSA) is 115 Å². The van der Waals surface area contributed by atoms with Gasteiger partial charge >= 0.3 is 12.1 Å². The third-order valence-electron chi connectivity index (χ3n) is 5.02. The summed E-state index contributed by atoms with van der Waals surface area (Å²) in [5.74, 6) is -0.934. The van der Waals surface area contributed by atoms with Crippen molar-refractivity contribution in [3.8, 4) is 11.3 Å². The number of allylic oxidation sites excluding steroid dienone is 2. The molecule has 1 heterocycles. The number of anilines is 2. The highest BCUT2D eigenvalue weighted by Gasteiger charge is 2.13. The van der Waals surface area contributed by atoms with Gasteiger partial charge in [-0.1, -0.05) is 48.0 Å². The summed E-state index contributed by atoms with van der Waals surface area (Å²) >= 11 is 5.52. The van der Waals surface area contributed by atoms with Crippen molar-refractivity contribution >= 4 is 45.9 Å². The minimum atomic E-state index is -0.934. The van der Waals surface area contributed by atoms with Gasteiger partial charge in [0, 0.05) is 21.7 Å². The zero-order chi connectivity index (χ0) is 25.2. The number of hydrogen-bond acceptors (Lipinski definition) is 5. The van der Waals surface area contributed by atoms with Gasteiger partial charge in [0.2, 0.25) is 0 Å². The minimum absolute atomic E-state index is 0.254. The fraction of sp³-hybridized carbons (Fsp3) is 0.148. The summed E-state index contributed by atoms with van der Waals surface area (Å²) in [5, 5.41) is 12.7. The number of amides is 1. The number of nitrogen functional groups attached to an aromatic ring is 1. The molecule has 0 bridgehead atoms. The Morgan fingerprint density at radius 3 is 2.57 bits per heavy atom. The molecule has 1 amide bonds. The molecule has 35 heavy (non-hydrogen) atoms. The molecule has 1 aliphatic carbocycles. The second kappa shape index (κ2) is 12.4. The first-order chi connectivity index (χ1) is 16.9. The van der Waals surface area contributed by atoms with Gasteiger partial charge < -0.3 is 15.6 Å². The number of fused-ring (bicyclic) bond motifs is 3. The number of carbonyl (C=O) groups is 2. The molecule has 0 radical (unpaired) electrons. The fourth-order valence-electron chi connectivity index (χ4n) is 3.31. The number of nitrogens with zero attached hydrogens (tertiary/aromatic N) is 1. The summed E-state index contributed by atoms with van der Waals surface area (Å²) in [6.07, 6.45) is 5.27. The second-order valence-corrected chi connectivity index (χ2v) is 8.00. The van der Waals surface area contributed by atoms with E-state index in [1.807, 2.05) is 61.5 Å². The highest BCUT2D eigenvalue weighted by atomic mass is 35.5. The van der Waals surface area contributed by atoms with Crippen LogP contribution in [0, 0.1) is 0 Å². The molecule has 8 heteroatoms. The van der Waals surface area contributed by atoms with Crippen LogP contribution in [0.1, 0.15) is 30.1 Å². The van der Waals surface area contributed by atoms with Gasteiger partial charge in [-0.05, 0) is 62.2 Å². The number of aromatic nitrogens is 1. The Bertz CT molecular complexity index is 1310. The zero-order valence-electron chi connectivity index (χ0n) is 19.2. The Kier molecular flexibility index (Phi) is 9.03. The SMILES string of the molecule is C/C=C/CCCOC(=O)Nc1cccc2c3cccc(N)c3nc-2c1.O=C(O)c1ccc(Cl)cc1. The molecule has 0 fully saturated rings. The molecule has 180 valence electrons. The number of carboxylic acid groups (broad SMARTS) is 1. The van der Waals surface area contributed by atoms with Crippen molar-refractivity contribution < 1.29 is 19.4 Å². The molecule has 1 aliphatic heterocycles. The van der Waals surface area contributed by atoms with Crippen LogP contribution in [0.15, 0.2) is 78.9 Å². The monoisotopic (exact) mass is 491 g/mol. The Morgan fingerprint density at radius 1 is 1.11 bits per heavy atom. The van der Waals surface area contributed by atoms with Crippen molar-refractivity contribution in [2.45, 2.75) is 19.8 Å². The molecule has 4 rings (SSSR count). The van der Waals surface area contributed by atoms with E-state index in [0.717, 1.165) is 35.0 Å². The number of hydrogen-bond donors (Lipinski definition) is 3. The van der Waals surface area contributed by atoms with Crippen LogP contribution in [-0.4, -0.2) is 28.8 Å². The van der Waals surface area contributed by atoms with E-state index in [4.69, 9.17) is 27.2 Å². The third kappa shape index (κ3) is 7.19. The number of nitrogens with two attached hydrogens (primary N) is 1. The van der Waals surface area contributed by atoms with E-state index in [1.54, 1.807) is 12.1 Å². The number of aromatic carboxylic acids is 1. The quantitative estimate of drug-likeness (QED) is 0.154. The average Bonchev–Trinajstić information content (AvgIpc) is 3.06. The lowest BCUT2D eigenvalue weighted by Crippen LogP contribution is -2.14. The Morgan fingerprint density at radius 2 is 1.86 bits per heavy atom. The first kappa shape index (κ1) is 25.5. The maximum Gasteiger partial charge on any atom is 0.411 e. The summed E-state index contributed by atoms with van der Waals surface area (Å²) < 4.78 is 5.19. The van der Waals surface area contributed by atoms with Crippen molar-refractivity contribution in [2.24, 2.45) is 0 Å². The zero-order valence-corrected chi connectivity index (χ0v) is 20.0. The molecule has 7 nitrogen and oxygen atoms in total. The van der Waals surface area contributed by atoms with Gasteiger partial charge in [-0.15, -0.1) is 0 Å². The number of carboxylic acids is 1. The van der Waals surface area contributed by atoms with E-state index in [0.29, 0.717) is 23.0 Å². The molecular formula is C27H26ClN3O4. The van der Waals surface area contributed by atoms with Crippen LogP contribution in [0.25, 0.3) is 22.2 Å². The number of nitrogens with one attached hydrogen (secondary N) is 1. The average molecular weight is 492 g/mol. The summed E-state index contributed by atoms with van der Waals surface area (Å²) in [4.78, 5) is 26.8. The smallest absolute Gasteiger partial charge is 0.411 e. The van der Waals surface area contributed by atoms with Crippen LogP contribution < -0.4 is 11.1 Å². The number of halogens is 1. The molecule has 0 atom stereocenters. The lowest BCUT2D eigenvalue weighted by Gasteiger charge is -2.05. The second-order valence-electron chi connectivity index (χ2n) is 7.56.